The van der Waals surface area contributed by atoms with Gasteiger partial charge in [0, 0.05) is 16.6 Å². The lowest BCUT2D eigenvalue weighted by Gasteiger charge is -2.06. The lowest BCUT2D eigenvalue weighted by atomic mass is 10.1. The predicted octanol–water partition coefficient (Wildman–Crippen LogP) is 3.91. The van der Waals surface area contributed by atoms with Crippen LogP contribution in [0.3, 0.4) is 0 Å². The number of rotatable bonds is 0. The van der Waals surface area contributed by atoms with Crippen molar-refractivity contribution < 1.29 is 13.2 Å². The molecular weight excluding hydrogens is 227 g/mol. The summed E-state index contributed by atoms with van der Waals surface area (Å²) in [5.41, 5.74) is -0.905. The third kappa shape index (κ3) is 2.04. The Hall–Kier alpha value is -1.29. The van der Waals surface area contributed by atoms with Gasteiger partial charge in [0.2, 0.25) is 0 Å². The zero-order valence-corrected chi connectivity index (χ0v) is 8.10. The fourth-order valence-corrected chi connectivity index (χ4v) is 1.45. The van der Waals surface area contributed by atoms with Gasteiger partial charge in [-0.05, 0) is 23.6 Å². The van der Waals surface area contributed by atoms with Crippen LogP contribution in [-0.4, -0.2) is 4.98 Å². The average Bonchev–Trinajstić information content (AvgIpc) is 2.15. The highest BCUT2D eigenvalue weighted by molar-refractivity contribution is 6.31. The third-order valence-corrected chi connectivity index (χ3v) is 2.21. The Morgan fingerprint density at radius 3 is 2.47 bits per heavy atom. The van der Waals surface area contributed by atoms with Crippen LogP contribution in [0.4, 0.5) is 13.2 Å². The maximum atomic E-state index is 12.3. The molecule has 0 fully saturated rings. The van der Waals surface area contributed by atoms with Gasteiger partial charge in [0.1, 0.15) is 5.69 Å². The van der Waals surface area contributed by atoms with Crippen LogP contribution in [0.2, 0.25) is 5.02 Å². The van der Waals surface area contributed by atoms with Crippen LogP contribution in [0.5, 0.6) is 0 Å². The minimum Gasteiger partial charge on any atom is -0.251 e. The van der Waals surface area contributed by atoms with Crippen molar-refractivity contribution in [3.05, 3.63) is 41.2 Å². The first-order valence-electron chi connectivity index (χ1n) is 4.09. The Balaban J connectivity index is 2.64. The van der Waals surface area contributed by atoms with E-state index in [0.717, 1.165) is 6.07 Å². The number of aromatic nitrogens is 1. The van der Waals surface area contributed by atoms with Crippen LogP contribution in [0.1, 0.15) is 5.69 Å². The van der Waals surface area contributed by atoms with E-state index in [1.165, 1.54) is 12.3 Å². The minimum absolute atomic E-state index is 0.404. The zero-order valence-electron chi connectivity index (χ0n) is 7.35. The first-order chi connectivity index (χ1) is 6.97. The lowest BCUT2D eigenvalue weighted by molar-refractivity contribution is -0.141. The van der Waals surface area contributed by atoms with E-state index >= 15 is 0 Å². The van der Waals surface area contributed by atoms with Gasteiger partial charge in [0.05, 0.1) is 0 Å². The number of halogens is 4. The Kier molecular flexibility index (Phi) is 2.31. The molecule has 0 aliphatic heterocycles. The molecule has 1 aromatic heterocycles. The molecule has 0 aliphatic carbocycles. The van der Waals surface area contributed by atoms with Crippen LogP contribution in [0, 0.1) is 0 Å². The zero-order chi connectivity index (χ0) is 11.1. The van der Waals surface area contributed by atoms with Crippen molar-refractivity contribution >= 4 is 22.4 Å². The molecule has 0 amide bonds. The second-order valence-corrected chi connectivity index (χ2v) is 3.50. The van der Waals surface area contributed by atoms with Crippen LogP contribution < -0.4 is 0 Å². The summed E-state index contributed by atoms with van der Waals surface area (Å²) in [6.45, 7) is 0. The number of alkyl halides is 3. The molecule has 5 heteroatoms. The van der Waals surface area contributed by atoms with Crippen molar-refractivity contribution in [2.75, 3.05) is 0 Å². The normalized spacial score (nSPS) is 12.0. The number of benzene rings is 1. The standard InChI is InChI=1S/C10H5ClF3N/c11-8-2-1-6-5-15-9(10(12,13)14)4-7(6)3-8/h1-5H. The highest BCUT2D eigenvalue weighted by atomic mass is 35.5. The van der Waals surface area contributed by atoms with E-state index in [0.29, 0.717) is 15.8 Å². The molecule has 2 rings (SSSR count). The topological polar surface area (TPSA) is 12.9 Å². The molecule has 0 saturated heterocycles. The van der Waals surface area contributed by atoms with Gasteiger partial charge in [-0.25, -0.2) is 0 Å². The number of pyridine rings is 1. The average molecular weight is 232 g/mol. The Morgan fingerprint density at radius 1 is 1.07 bits per heavy atom. The molecule has 0 N–H and O–H groups in total. The second-order valence-electron chi connectivity index (χ2n) is 3.06. The summed E-state index contributed by atoms with van der Waals surface area (Å²) in [5, 5.41) is 1.47. The highest BCUT2D eigenvalue weighted by Crippen LogP contribution is 2.30. The first-order valence-corrected chi connectivity index (χ1v) is 4.47. The molecule has 1 aromatic carbocycles. The van der Waals surface area contributed by atoms with Gasteiger partial charge in [-0.3, -0.25) is 4.98 Å². The molecule has 0 aliphatic rings. The molecular formula is C10H5ClF3N. The predicted molar refractivity (Wildman–Crippen MR) is 51.8 cm³/mol. The van der Waals surface area contributed by atoms with Crippen molar-refractivity contribution in [3.63, 3.8) is 0 Å². The van der Waals surface area contributed by atoms with Crippen molar-refractivity contribution in [1.82, 2.24) is 4.98 Å². The van der Waals surface area contributed by atoms with E-state index in [2.05, 4.69) is 4.98 Å². The first kappa shape index (κ1) is 10.2. The Labute approximate surface area is 88.5 Å². The van der Waals surface area contributed by atoms with E-state index < -0.39 is 11.9 Å². The third-order valence-electron chi connectivity index (χ3n) is 1.97. The molecule has 0 bridgehead atoms. The van der Waals surface area contributed by atoms with Gasteiger partial charge in [0.15, 0.2) is 0 Å². The van der Waals surface area contributed by atoms with Crippen molar-refractivity contribution in [2.24, 2.45) is 0 Å². The van der Waals surface area contributed by atoms with E-state index in [1.54, 1.807) is 12.1 Å². The summed E-state index contributed by atoms with van der Waals surface area (Å²) in [5.74, 6) is 0. The molecule has 0 saturated carbocycles. The van der Waals surface area contributed by atoms with Crippen LogP contribution in [0.15, 0.2) is 30.5 Å². The van der Waals surface area contributed by atoms with Gasteiger partial charge in [0.25, 0.3) is 0 Å². The highest BCUT2D eigenvalue weighted by Gasteiger charge is 2.32. The minimum atomic E-state index is -4.42. The SMILES string of the molecule is FC(F)(F)c1cc2cc(Cl)ccc2cn1. The molecule has 0 unspecified atom stereocenters. The molecule has 1 heterocycles. The molecule has 78 valence electrons. The van der Waals surface area contributed by atoms with Gasteiger partial charge >= 0.3 is 6.18 Å². The molecule has 0 spiro atoms. The summed E-state index contributed by atoms with van der Waals surface area (Å²) < 4.78 is 37.0. The maximum Gasteiger partial charge on any atom is 0.433 e. The number of hydrogen-bond donors (Lipinski definition) is 0. The number of hydrogen-bond acceptors (Lipinski definition) is 1. The van der Waals surface area contributed by atoms with Crippen LogP contribution in [-0.2, 0) is 6.18 Å². The number of nitrogens with zero attached hydrogens (tertiary/aromatic N) is 1. The van der Waals surface area contributed by atoms with E-state index in [4.69, 9.17) is 11.6 Å². The van der Waals surface area contributed by atoms with Crippen LogP contribution >= 0.6 is 11.6 Å². The number of fused-ring (bicyclic) bond motifs is 1. The van der Waals surface area contributed by atoms with Gasteiger partial charge < -0.3 is 0 Å². The molecule has 0 atom stereocenters. The summed E-state index contributed by atoms with van der Waals surface area (Å²) in [6, 6.07) is 5.71. The van der Waals surface area contributed by atoms with E-state index in [-0.39, 0.29) is 0 Å². The summed E-state index contributed by atoms with van der Waals surface area (Å²) in [4.78, 5) is 3.34. The molecule has 15 heavy (non-hydrogen) atoms. The smallest absolute Gasteiger partial charge is 0.251 e. The second kappa shape index (κ2) is 3.38. The molecule has 2 aromatic rings. The largest absolute Gasteiger partial charge is 0.433 e. The van der Waals surface area contributed by atoms with E-state index in [9.17, 15) is 13.2 Å². The van der Waals surface area contributed by atoms with Crippen molar-refractivity contribution in [3.8, 4) is 0 Å². The summed E-state index contributed by atoms with van der Waals surface area (Å²) in [7, 11) is 0. The summed E-state index contributed by atoms with van der Waals surface area (Å²) >= 11 is 5.68. The summed E-state index contributed by atoms with van der Waals surface area (Å²) in [6.07, 6.45) is -3.23. The molecule has 1 nitrogen and oxygen atoms in total. The monoisotopic (exact) mass is 231 g/mol. The van der Waals surface area contributed by atoms with Gasteiger partial charge in [-0.15, -0.1) is 0 Å². The maximum absolute atomic E-state index is 12.3. The van der Waals surface area contributed by atoms with Crippen molar-refractivity contribution in [1.29, 1.82) is 0 Å². The fraction of sp³-hybridized carbons (Fsp3) is 0.100. The quantitative estimate of drug-likeness (QED) is 0.670. The fourth-order valence-electron chi connectivity index (χ4n) is 1.27. The Bertz CT molecular complexity index is 507. The lowest BCUT2D eigenvalue weighted by Crippen LogP contribution is -2.07. The van der Waals surface area contributed by atoms with Crippen LogP contribution in [0.25, 0.3) is 10.8 Å². The molecule has 0 radical (unpaired) electrons. The van der Waals surface area contributed by atoms with E-state index in [1.807, 2.05) is 0 Å². The van der Waals surface area contributed by atoms with Gasteiger partial charge in [-0.2, -0.15) is 13.2 Å². The van der Waals surface area contributed by atoms with Crippen molar-refractivity contribution in [2.45, 2.75) is 6.18 Å². The van der Waals surface area contributed by atoms with Gasteiger partial charge in [-0.1, -0.05) is 17.7 Å². The Morgan fingerprint density at radius 2 is 1.80 bits per heavy atom.